The minimum atomic E-state index is 0.250. The zero-order valence-corrected chi connectivity index (χ0v) is 23.4. The van der Waals surface area contributed by atoms with Gasteiger partial charge in [-0.05, 0) is 72.2 Å². The van der Waals surface area contributed by atoms with Crippen LogP contribution < -0.4 is 5.73 Å². The lowest BCUT2D eigenvalue weighted by molar-refractivity contribution is -0.106. The van der Waals surface area contributed by atoms with Crippen molar-refractivity contribution < 1.29 is 9.53 Å². The number of rotatable bonds is 5. The van der Waals surface area contributed by atoms with Crippen LogP contribution in [0.3, 0.4) is 0 Å². The van der Waals surface area contributed by atoms with E-state index in [1.807, 2.05) is 25.8 Å². The van der Waals surface area contributed by atoms with Gasteiger partial charge in [-0.15, -0.1) is 0 Å². The molecule has 1 saturated heterocycles. The van der Waals surface area contributed by atoms with E-state index in [1.165, 1.54) is 32.7 Å². The normalized spacial score (nSPS) is 19.5. The summed E-state index contributed by atoms with van der Waals surface area (Å²) in [7, 11) is 0. The highest BCUT2D eigenvalue weighted by Gasteiger charge is 2.23. The molecule has 0 radical (unpaired) electrons. The molecule has 2 aliphatic rings. The van der Waals surface area contributed by atoms with Crippen molar-refractivity contribution in [3.8, 4) is 11.1 Å². The average molecular weight is 520 g/mol. The molecule has 1 amide bonds. The van der Waals surface area contributed by atoms with Crippen molar-refractivity contribution in [1.82, 2.24) is 9.21 Å². The minimum absolute atomic E-state index is 0.250. The summed E-state index contributed by atoms with van der Waals surface area (Å²) in [6, 6.07) is 26.9. The van der Waals surface area contributed by atoms with Gasteiger partial charge in [0.1, 0.15) is 0 Å². The van der Waals surface area contributed by atoms with Gasteiger partial charge in [-0.3, -0.25) is 9.69 Å². The molecule has 2 heterocycles. The van der Waals surface area contributed by atoms with Crippen LogP contribution in [0.1, 0.15) is 44.4 Å². The summed E-state index contributed by atoms with van der Waals surface area (Å²) in [4.78, 5) is 12.4. The first-order valence-corrected chi connectivity index (χ1v) is 14.0. The topological polar surface area (TPSA) is 58.8 Å². The standard InChI is InChI=1S/C28H32N2OS.C2H6.CH3NO/c1-21-17-30(18-22(2)31-21)32-28-13-11-26(12-14-28)25-9-7-23(8-10-25)19-29-16-15-24-5-3-4-6-27(24)20-29;1-2;2-1-3/h3-14,21-22H,15-20H2,1-2H3;1-2H3;1H,(H2,2,3). The Balaban J connectivity index is 0.000000711. The monoisotopic (exact) mass is 519 g/mol. The molecule has 6 heteroatoms. The van der Waals surface area contributed by atoms with Gasteiger partial charge in [-0.2, -0.15) is 0 Å². The van der Waals surface area contributed by atoms with Gasteiger partial charge in [-0.25, -0.2) is 4.31 Å². The van der Waals surface area contributed by atoms with Gasteiger partial charge in [0, 0.05) is 37.6 Å². The average Bonchev–Trinajstić information content (AvgIpc) is 2.91. The number of nitrogens with two attached hydrogens (primary N) is 1. The summed E-state index contributed by atoms with van der Waals surface area (Å²) in [5, 5.41) is 0. The molecule has 0 saturated carbocycles. The molecule has 37 heavy (non-hydrogen) atoms. The molecule has 3 aromatic carbocycles. The van der Waals surface area contributed by atoms with E-state index in [9.17, 15) is 0 Å². The Labute approximate surface area is 227 Å². The predicted molar refractivity (Wildman–Crippen MR) is 155 cm³/mol. The lowest BCUT2D eigenvalue weighted by Gasteiger charge is -2.34. The van der Waals surface area contributed by atoms with Crippen LogP contribution in [0, 0.1) is 0 Å². The van der Waals surface area contributed by atoms with Crippen molar-refractivity contribution in [2.75, 3.05) is 19.6 Å². The lowest BCUT2D eigenvalue weighted by atomic mass is 9.99. The van der Waals surface area contributed by atoms with Crippen LogP contribution in [0.4, 0.5) is 0 Å². The van der Waals surface area contributed by atoms with Crippen LogP contribution >= 0.6 is 11.9 Å². The Bertz CT molecular complexity index is 1080. The van der Waals surface area contributed by atoms with Crippen molar-refractivity contribution in [2.45, 2.75) is 64.3 Å². The molecule has 1 fully saturated rings. The molecule has 2 N–H and O–H groups in total. The van der Waals surface area contributed by atoms with Gasteiger partial charge < -0.3 is 10.5 Å². The third-order valence-electron chi connectivity index (χ3n) is 6.38. The molecular formula is C31H41N3O2S. The fourth-order valence-electron chi connectivity index (χ4n) is 4.81. The lowest BCUT2D eigenvalue weighted by Crippen LogP contribution is -2.41. The molecule has 5 rings (SSSR count). The van der Waals surface area contributed by atoms with Crippen molar-refractivity contribution >= 4 is 18.4 Å². The van der Waals surface area contributed by atoms with E-state index in [4.69, 9.17) is 9.53 Å². The maximum Gasteiger partial charge on any atom is 0.204 e. The molecule has 0 bridgehead atoms. The van der Waals surface area contributed by atoms with Gasteiger partial charge in [0.15, 0.2) is 0 Å². The number of primary amides is 1. The number of hydrogen-bond acceptors (Lipinski definition) is 5. The molecule has 0 aliphatic carbocycles. The molecule has 2 atom stereocenters. The second-order valence-corrected chi connectivity index (χ2v) is 10.5. The van der Waals surface area contributed by atoms with Gasteiger partial charge in [0.25, 0.3) is 0 Å². The fourth-order valence-corrected chi connectivity index (χ4v) is 5.94. The Morgan fingerprint density at radius 3 is 2.03 bits per heavy atom. The maximum atomic E-state index is 8.58. The van der Waals surface area contributed by atoms with E-state index in [1.54, 1.807) is 0 Å². The van der Waals surface area contributed by atoms with E-state index >= 15 is 0 Å². The van der Waals surface area contributed by atoms with Gasteiger partial charge >= 0.3 is 0 Å². The van der Waals surface area contributed by atoms with Gasteiger partial charge in [0.05, 0.1) is 12.2 Å². The summed E-state index contributed by atoms with van der Waals surface area (Å²) in [5.41, 5.74) is 11.1. The number of ether oxygens (including phenoxy) is 1. The molecular weight excluding hydrogens is 478 g/mol. The van der Waals surface area contributed by atoms with Crippen molar-refractivity contribution in [1.29, 1.82) is 0 Å². The van der Waals surface area contributed by atoms with Gasteiger partial charge in [0.2, 0.25) is 6.41 Å². The summed E-state index contributed by atoms with van der Waals surface area (Å²) in [5.74, 6) is 0. The van der Waals surface area contributed by atoms with Crippen LogP contribution in [0.5, 0.6) is 0 Å². The van der Waals surface area contributed by atoms with Gasteiger partial charge in [-0.1, -0.05) is 74.5 Å². The predicted octanol–water partition coefficient (Wildman–Crippen LogP) is 6.16. The largest absolute Gasteiger partial charge is 0.373 e. The quantitative estimate of drug-likeness (QED) is 0.323. The highest BCUT2D eigenvalue weighted by atomic mass is 32.2. The molecule has 2 unspecified atom stereocenters. The van der Waals surface area contributed by atoms with Crippen LogP contribution in [0.15, 0.2) is 77.7 Å². The summed E-state index contributed by atoms with van der Waals surface area (Å²) < 4.78 is 8.26. The number of benzene rings is 3. The minimum Gasteiger partial charge on any atom is -0.373 e. The third-order valence-corrected chi connectivity index (χ3v) is 7.42. The van der Waals surface area contributed by atoms with E-state index in [0.29, 0.717) is 12.2 Å². The number of carbonyl (C=O) groups excluding carboxylic acids is 1. The Kier molecular flexibility index (Phi) is 11.7. The number of morpholine rings is 1. The number of amides is 1. The van der Waals surface area contributed by atoms with E-state index in [2.05, 4.69) is 102 Å². The summed E-state index contributed by atoms with van der Waals surface area (Å²) in [6.07, 6.45) is 1.99. The number of fused-ring (bicyclic) bond motifs is 1. The van der Waals surface area contributed by atoms with Crippen molar-refractivity contribution in [2.24, 2.45) is 5.73 Å². The zero-order chi connectivity index (χ0) is 26.6. The Hall–Kier alpha value is -2.64. The Morgan fingerprint density at radius 2 is 1.43 bits per heavy atom. The number of hydrogen-bond donors (Lipinski definition) is 1. The highest BCUT2D eigenvalue weighted by Crippen LogP contribution is 2.29. The first-order chi connectivity index (χ1) is 18.0. The highest BCUT2D eigenvalue weighted by molar-refractivity contribution is 7.97. The number of carbonyl (C=O) groups is 1. The van der Waals surface area contributed by atoms with Crippen LogP contribution in [-0.2, 0) is 29.0 Å². The third kappa shape index (κ3) is 8.71. The molecule has 5 nitrogen and oxygen atoms in total. The molecule has 2 aliphatic heterocycles. The molecule has 198 valence electrons. The second-order valence-electron chi connectivity index (χ2n) is 9.28. The summed E-state index contributed by atoms with van der Waals surface area (Å²) >= 11 is 1.84. The van der Waals surface area contributed by atoms with Crippen molar-refractivity contribution in [3.63, 3.8) is 0 Å². The second kappa shape index (κ2) is 14.9. The summed E-state index contributed by atoms with van der Waals surface area (Å²) in [6.45, 7) is 13.5. The maximum absolute atomic E-state index is 8.58. The smallest absolute Gasteiger partial charge is 0.204 e. The van der Waals surface area contributed by atoms with Crippen LogP contribution in [0.2, 0.25) is 0 Å². The molecule has 0 spiro atoms. The van der Waals surface area contributed by atoms with E-state index in [0.717, 1.165) is 39.1 Å². The van der Waals surface area contributed by atoms with Crippen LogP contribution in [0.25, 0.3) is 11.1 Å². The van der Waals surface area contributed by atoms with E-state index in [-0.39, 0.29) is 6.41 Å². The molecule has 3 aromatic rings. The van der Waals surface area contributed by atoms with E-state index < -0.39 is 0 Å². The van der Waals surface area contributed by atoms with Crippen LogP contribution in [-0.4, -0.2) is 47.5 Å². The SMILES string of the molecule is CC.CC1CN(Sc2ccc(-c3ccc(CN4CCc5ccccc5C4)cc3)cc2)CC(C)O1.NC=O. The zero-order valence-electron chi connectivity index (χ0n) is 22.6. The molecule has 0 aromatic heterocycles. The van der Waals surface area contributed by atoms with Crippen molar-refractivity contribution in [3.05, 3.63) is 89.5 Å². The Morgan fingerprint density at radius 1 is 0.892 bits per heavy atom. The first-order valence-electron chi connectivity index (χ1n) is 13.3. The fraction of sp³-hybridized carbons (Fsp3) is 0.387. The first kappa shape index (κ1) is 28.9. The number of nitrogens with zero attached hydrogens (tertiary/aromatic N) is 2.